The number of hydrogen-bond donors (Lipinski definition) is 2. The lowest BCUT2D eigenvalue weighted by Crippen LogP contribution is -1.88. The smallest absolute Gasteiger partial charge is 0.127 e. The van der Waals surface area contributed by atoms with Gasteiger partial charge in [0.1, 0.15) is 5.75 Å². The lowest BCUT2D eigenvalue weighted by atomic mass is 10.1. The van der Waals surface area contributed by atoms with Gasteiger partial charge in [0.25, 0.3) is 0 Å². The van der Waals surface area contributed by atoms with Gasteiger partial charge in [0.15, 0.2) is 0 Å². The maximum atomic E-state index is 9.82. The summed E-state index contributed by atoms with van der Waals surface area (Å²) in [5.41, 5.74) is 7.61. The van der Waals surface area contributed by atoms with E-state index in [1.165, 1.54) is 6.07 Å². The molecule has 0 bridgehead atoms. The summed E-state index contributed by atoms with van der Waals surface area (Å²) >= 11 is 5.92. The molecule has 3 rings (SSSR count). The molecule has 0 atom stereocenters. The number of phenols is 1. The third kappa shape index (κ3) is 1.65. The van der Waals surface area contributed by atoms with E-state index in [2.05, 4.69) is 4.98 Å². The Morgan fingerprint density at radius 3 is 2.71 bits per heavy atom. The number of nitrogens with two attached hydrogens (primary N) is 1. The predicted octanol–water partition coefficient (Wildman–Crippen LogP) is 3.33. The molecule has 0 aliphatic heterocycles. The van der Waals surface area contributed by atoms with Crippen LogP contribution in [0.15, 0.2) is 36.4 Å². The molecule has 3 nitrogen and oxygen atoms in total. The Bertz CT molecular complexity index is 740. The van der Waals surface area contributed by atoms with Crippen molar-refractivity contribution in [2.24, 2.45) is 0 Å². The first-order chi connectivity index (χ1) is 8.13. The van der Waals surface area contributed by atoms with E-state index < -0.39 is 0 Å². The highest BCUT2D eigenvalue weighted by atomic mass is 35.5. The van der Waals surface area contributed by atoms with E-state index in [4.69, 9.17) is 17.3 Å². The highest BCUT2D eigenvalue weighted by Crippen LogP contribution is 2.30. The van der Waals surface area contributed by atoms with Gasteiger partial charge in [-0.25, -0.2) is 4.98 Å². The Kier molecular flexibility index (Phi) is 2.09. The number of rotatable bonds is 0. The standard InChI is InChI=1S/C13H9ClN2O/c14-8-2-1-7-3-10-12(16-11(7)4-8)5-9(15)6-13(10)17/h1-6,17H,15H2. The molecular weight excluding hydrogens is 236 g/mol. The van der Waals surface area contributed by atoms with E-state index in [1.807, 2.05) is 12.1 Å². The molecule has 1 heterocycles. The second-order valence-electron chi connectivity index (χ2n) is 3.93. The van der Waals surface area contributed by atoms with Gasteiger partial charge in [-0.2, -0.15) is 0 Å². The number of hydrogen-bond acceptors (Lipinski definition) is 3. The van der Waals surface area contributed by atoms with Crippen molar-refractivity contribution in [3.63, 3.8) is 0 Å². The topological polar surface area (TPSA) is 59.1 Å². The second-order valence-corrected chi connectivity index (χ2v) is 4.37. The number of pyridine rings is 1. The van der Waals surface area contributed by atoms with Gasteiger partial charge in [-0.1, -0.05) is 17.7 Å². The molecule has 0 aliphatic carbocycles. The largest absolute Gasteiger partial charge is 0.507 e. The first kappa shape index (κ1) is 10.2. The fraction of sp³-hybridized carbons (Fsp3) is 0. The van der Waals surface area contributed by atoms with E-state index in [0.717, 1.165) is 10.9 Å². The molecule has 2 aromatic carbocycles. The number of aromatic nitrogens is 1. The number of fused-ring (bicyclic) bond motifs is 2. The quantitative estimate of drug-likeness (QED) is 0.471. The van der Waals surface area contributed by atoms with Crippen LogP contribution in [0.3, 0.4) is 0 Å². The molecule has 0 saturated carbocycles. The number of nitrogen functional groups attached to an aromatic ring is 1. The van der Waals surface area contributed by atoms with E-state index in [0.29, 0.717) is 21.6 Å². The summed E-state index contributed by atoms with van der Waals surface area (Å²) < 4.78 is 0. The number of aromatic hydroxyl groups is 1. The molecule has 0 fully saturated rings. The van der Waals surface area contributed by atoms with E-state index in [-0.39, 0.29) is 5.75 Å². The molecule has 0 saturated heterocycles. The lowest BCUT2D eigenvalue weighted by Gasteiger charge is -2.05. The lowest BCUT2D eigenvalue weighted by molar-refractivity contribution is 0.482. The molecule has 0 spiro atoms. The third-order valence-electron chi connectivity index (χ3n) is 2.69. The maximum Gasteiger partial charge on any atom is 0.127 e. The van der Waals surface area contributed by atoms with Crippen LogP contribution in [0, 0.1) is 0 Å². The summed E-state index contributed by atoms with van der Waals surface area (Å²) in [5, 5.41) is 12.1. The Morgan fingerprint density at radius 1 is 1.06 bits per heavy atom. The average Bonchev–Trinajstić information content (AvgIpc) is 2.26. The number of halogens is 1. The minimum atomic E-state index is 0.143. The van der Waals surface area contributed by atoms with Crippen LogP contribution >= 0.6 is 11.6 Å². The molecule has 0 aliphatic rings. The zero-order chi connectivity index (χ0) is 12.0. The second kappa shape index (κ2) is 3.50. The Hall–Kier alpha value is -2.00. The summed E-state index contributed by atoms with van der Waals surface area (Å²) in [4.78, 5) is 4.44. The van der Waals surface area contributed by atoms with Gasteiger partial charge in [0.2, 0.25) is 0 Å². The van der Waals surface area contributed by atoms with Crippen LogP contribution in [0.25, 0.3) is 21.8 Å². The highest BCUT2D eigenvalue weighted by Gasteiger charge is 2.05. The normalized spacial score (nSPS) is 11.1. The van der Waals surface area contributed by atoms with Gasteiger partial charge >= 0.3 is 0 Å². The summed E-state index contributed by atoms with van der Waals surface area (Å²) in [7, 11) is 0. The van der Waals surface area contributed by atoms with Crippen molar-refractivity contribution in [2.45, 2.75) is 0 Å². The molecule has 3 aromatic rings. The minimum absolute atomic E-state index is 0.143. The van der Waals surface area contributed by atoms with Gasteiger partial charge in [-0.05, 0) is 24.3 Å². The molecule has 84 valence electrons. The van der Waals surface area contributed by atoms with Crippen LogP contribution in [-0.4, -0.2) is 10.1 Å². The van der Waals surface area contributed by atoms with Gasteiger partial charge in [0, 0.05) is 27.5 Å². The van der Waals surface area contributed by atoms with Crippen molar-refractivity contribution in [2.75, 3.05) is 5.73 Å². The Balaban J connectivity index is 2.47. The number of benzene rings is 2. The van der Waals surface area contributed by atoms with Gasteiger partial charge < -0.3 is 10.8 Å². The van der Waals surface area contributed by atoms with Crippen molar-refractivity contribution < 1.29 is 5.11 Å². The molecular formula is C13H9ClN2O. The Morgan fingerprint density at radius 2 is 1.88 bits per heavy atom. The minimum Gasteiger partial charge on any atom is -0.507 e. The van der Waals surface area contributed by atoms with Crippen molar-refractivity contribution in [3.05, 3.63) is 41.4 Å². The molecule has 0 radical (unpaired) electrons. The molecule has 1 aromatic heterocycles. The third-order valence-corrected chi connectivity index (χ3v) is 2.93. The summed E-state index contributed by atoms with van der Waals surface area (Å²) in [6.45, 7) is 0. The molecule has 17 heavy (non-hydrogen) atoms. The van der Waals surface area contributed by atoms with Crippen molar-refractivity contribution in [1.82, 2.24) is 4.98 Å². The fourth-order valence-electron chi connectivity index (χ4n) is 1.91. The van der Waals surface area contributed by atoms with Crippen molar-refractivity contribution >= 4 is 39.1 Å². The number of anilines is 1. The van der Waals surface area contributed by atoms with Crippen LogP contribution in [0.1, 0.15) is 0 Å². The van der Waals surface area contributed by atoms with E-state index in [9.17, 15) is 5.11 Å². The fourth-order valence-corrected chi connectivity index (χ4v) is 2.07. The van der Waals surface area contributed by atoms with Gasteiger partial charge in [0.05, 0.1) is 11.0 Å². The van der Waals surface area contributed by atoms with Crippen LogP contribution in [0.2, 0.25) is 5.02 Å². The summed E-state index contributed by atoms with van der Waals surface area (Å²) in [5.74, 6) is 0.143. The van der Waals surface area contributed by atoms with Crippen molar-refractivity contribution in [3.8, 4) is 5.75 Å². The zero-order valence-corrected chi connectivity index (χ0v) is 9.57. The predicted molar refractivity (Wildman–Crippen MR) is 70.3 cm³/mol. The highest BCUT2D eigenvalue weighted by molar-refractivity contribution is 6.31. The number of phenolic OH excluding ortho intramolecular Hbond substituents is 1. The molecule has 0 unspecified atom stereocenters. The van der Waals surface area contributed by atoms with Gasteiger partial charge in [-0.15, -0.1) is 0 Å². The maximum absolute atomic E-state index is 9.82. The molecule has 4 heteroatoms. The summed E-state index contributed by atoms with van der Waals surface area (Å²) in [6.07, 6.45) is 0. The molecule has 0 amide bonds. The average molecular weight is 245 g/mol. The molecule has 3 N–H and O–H groups in total. The van der Waals surface area contributed by atoms with E-state index in [1.54, 1.807) is 18.2 Å². The van der Waals surface area contributed by atoms with E-state index >= 15 is 0 Å². The zero-order valence-electron chi connectivity index (χ0n) is 8.81. The Labute approximate surface area is 102 Å². The van der Waals surface area contributed by atoms with Crippen LogP contribution in [0.5, 0.6) is 5.75 Å². The van der Waals surface area contributed by atoms with Crippen LogP contribution < -0.4 is 5.73 Å². The van der Waals surface area contributed by atoms with Crippen LogP contribution in [0.4, 0.5) is 5.69 Å². The SMILES string of the molecule is Nc1cc(O)c2cc3ccc(Cl)cc3nc2c1. The monoisotopic (exact) mass is 244 g/mol. The summed E-state index contributed by atoms with van der Waals surface area (Å²) in [6, 6.07) is 10.6. The van der Waals surface area contributed by atoms with Gasteiger partial charge in [-0.3, -0.25) is 0 Å². The first-order valence-electron chi connectivity index (χ1n) is 5.12. The number of nitrogens with zero attached hydrogens (tertiary/aromatic N) is 1. The van der Waals surface area contributed by atoms with Crippen LogP contribution in [-0.2, 0) is 0 Å². The first-order valence-corrected chi connectivity index (χ1v) is 5.50. The van der Waals surface area contributed by atoms with Crippen molar-refractivity contribution in [1.29, 1.82) is 0 Å².